The number of carboxylic acids is 2. The second-order valence-corrected chi connectivity index (χ2v) is 4.21. The number of hydrogen-bond donors (Lipinski definition) is 3. The van der Waals surface area contributed by atoms with Crippen LogP contribution in [0, 0.1) is 6.92 Å². The van der Waals surface area contributed by atoms with Gasteiger partial charge < -0.3 is 15.5 Å². The molecule has 1 atom stereocenters. The zero-order valence-corrected chi connectivity index (χ0v) is 10.9. The summed E-state index contributed by atoms with van der Waals surface area (Å²) < 4.78 is 1.20. The molecule has 1 amide bonds. The molecule has 0 saturated heterocycles. The van der Waals surface area contributed by atoms with Crippen molar-refractivity contribution in [3.63, 3.8) is 0 Å². The number of carbonyl (C=O) groups is 3. The Morgan fingerprint density at radius 2 is 2.00 bits per heavy atom. The number of aromatic nitrogens is 2. The molecule has 1 unspecified atom stereocenters. The lowest BCUT2D eigenvalue weighted by molar-refractivity contribution is -0.145. The van der Waals surface area contributed by atoms with E-state index < -0.39 is 30.3 Å². The molecule has 0 aliphatic carbocycles. The molecule has 3 N–H and O–H groups in total. The highest BCUT2D eigenvalue weighted by Gasteiger charge is 2.26. The normalized spacial score (nSPS) is 11.9. The molecule has 0 bridgehead atoms. The summed E-state index contributed by atoms with van der Waals surface area (Å²) in [6.07, 6.45) is -0.727. The van der Waals surface area contributed by atoms with Crippen molar-refractivity contribution in [2.45, 2.75) is 19.4 Å². The molecule has 8 nitrogen and oxygen atoms in total. The van der Waals surface area contributed by atoms with Crippen LogP contribution in [0.2, 0.25) is 5.02 Å². The smallest absolute Gasteiger partial charge is 0.326 e. The third kappa shape index (κ3) is 3.44. The Balaban J connectivity index is 2.94. The maximum atomic E-state index is 11.9. The Morgan fingerprint density at radius 1 is 1.42 bits per heavy atom. The summed E-state index contributed by atoms with van der Waals surface area (Å²) in [6, 6.07) is -1.53. The molecule has 1 aromatic rings. The van der Waals surface area contributed by atoms with E-state index in [0.717, 1.165) is 0 Å². The van der Waals surface area contributed by atoms with Crippen molar-refractivity contribution in [2.24, 2.45) is 7.05 Å². The van der Waals surface area contributed by atoms with Crippen LogP contribution in [0.1, 0.15) is 22.6 Å². The SMILES string of the molecule is Cc1nn(C)c(C(=O)NC(CC(=O)O)C(=O)O)c1Cl. The highest BCUT2D eigenvalue weighted by atomic mass is 35.5. The molecular formula is C10H12ClN3O5. The molecule has 0 spiro atoms. The Kier molecular flexibility index (Phi) is 4.49. The average Bonchev–Trinajstić information content (AvgIpc) is 2.51. The minimum Gasteiger partial charge on any atom is -0.481 e. The van der Waals surface area contributed by atoms with Gasteiger partial charge in [0.2, 0.25) is 0 Å². The molecule has 0 aliphatic rings. The molecule has 1 heterocycles. The van der Waals surface area contributed by atoms with E-state index in [1.54, 1.807) is 6.92 Å². The van der Waals surface area contributed by atoms with E-state index in [1.165, 1.54) is 11.7 Å². The fourth-order valence-electron chi connectivity index (χ4n) is 1.48. The number of nitrogens with zero attached hydrogens (tertiary/aromatic N) is 2. The number of aryl methyl sites for hydroxylation is 2. The van der Waals surface area contributed by atoms with Crippen molar-refractivity contribution < 1.29 is 24.6 Å². The van der Waals surface area contributed by atoms with Crippen LogP contribution in [0.4, 0.5) is 0 Å². The Labute approximate surface area is 113 Å². The summed E-state index contributed by atoms with van der Waals surface area (Å²) in [5, 5.41) is 23.5. The van der Waals surface area contributed by atoms with E-state index in [-0.39, 0.29) is 10.7 Å². The second kappa shape index (κ2) is 5.70. The minimum atomic E-state index is -1.53. The molecule has 1 aromatic heterocycles. The summed E-state index contributed by atoms with van der Waals surface area (Å²) in [5.41, 5.74) is 0.398. The average molecular weight is 290 g/mol. The summed E-state index contributed by atoms with van der Waals surface area (Å²) >= 11 is 5.87. The zero-order valence-electron chi connectivity index (χ0n) is 10.2. The Bertz CT molecular complexity index is 540. The maximum absolute atomic E-state index is 11.9. The predicted octanol–water partition coefficient (Wildman–Crippen LogP) is 0.0396. The van der Waals surface area contributed by atoms with Gasteiger partial charge in [-0.1, -0.05) is 11.6 Å². The molecule has 1 rings (SSSR count). The molecule has 0 aliphatic heterocycles. The van der Waals surface area contributed by atoms with Gasteiger partial charge in [0.05, 0.1) is 17.1 Å². The third-order valence-electron chi connectivity index (χ3n) is 2.35. The lowest BCUT2D eigenvalue weighted by atomic mass is 10.2. The number of aliphatic carboxylic acids is 2. The van der Waals surface area contributed by atoms with E-state index in [0.29, 0.717) is 5.69 Å². The van der Waals surface area contributed by atoms with Crippen molar-refractivity contribution in [2.75, 3.05) is 0 Å². The maximum Gasteiger partial charge on any atom is 0.326 e. The van der Waals surface area contributed by atoms with E-state index in [1.807, 2.05) is 0 Å². The van der Waals surface area contributed by atoms with Crippen LogP contribution >= 0.6 is 11.6 Å². The van der Waals surface area contributed by atoms with Crippen LogP contribution < -0.4 is 5.32 Å². The number of rotatable bonds is 5. The Hall–Kier alpha value is -2.09. The first-order valence-electron chi connectivity index (χ1n) is 5.18. The molecule has 19 heavy (non-hydrogen) atoms. The highest BCUT2D eigenvalue weighted by molar-refractivity contribution is 6.34. The summed E-state index contributed by atoms with van der Waals surface area (Å²) in [5.74, 6) is -3.56. The van der Waals surface area contributed by atoms with Crippen molar-refractivity contribution in [3.8, 4) is 0 Å². The number of nitrogens with one attached hydrogen (secondary N) is 1. The van der Waals surface area contributed by atoms with Gasteiger partial charge in [0.25, 0.3) is 5.91 Å². The van der Waals surface area contributed by atoms with Gasteiger partial charge in [-0.15, -0.1) is 0 Å². The summed E-state index contributed by atoms with van der Waals surface area (Å²) in [4.78, 5) is 33.2. The Morgan fingerprint density at radius 3 is 2.37 bits per heavy atom. The van der Waals surface area contributed by atoms with Gasteiger partial charge in [-0.3, -0.25) is 14.3 Å². The van der Waals surface area contributed by atoms with Crippen LogP contribution in [0.5, 0.6) is 0 Å². The van der Waals surface area contributed by atoms with Crippen molar-refractivity contribution in [3.05, 3.63) is 16.4 Å². The molecule has 104 valence electrons. The van der Waals surface area contributed by atoms with Gasteiger partial charge in [0.1, 0.15) is 11.7 Å². The molecule has 0 radical (unpaired) electrons. The van der Waals surface area contributed by atoms with Gasteiger partial charge in [-0.2, -0.15) is 5.10 Å². The van der Waals surface area contributed by atoms with Crippen LogP contribution in [0.25, 0.3) is 0 Å². The minimum absolute atomic E-state index is 0.0178. The van der Waals surface area contributed by atoms with Gasteiger partial charge >= 0.3 is 11.9 Å². The van der Waals surface area contributed by atoms with Crippen LogP contribution in [0.3, 0.4) is 0 Å². The number of carboxylic acid groups (broad SMARTS) is 2. The largest absolute Gasteiger partial charge is 0.481 e. The van der Waals surface area contributed by atoms with E-state index in [2.05, 4.69) is 10.4 Å². The van der Waals surface area contributed by atoms with Gasteiger partial charge in [-0.25, -0.2) is 4.79 Å². The molecule has 0 aromatic carbocycles. The van der Waals surface area contributed by atoms with Crippen molar-refractivity contribution in [1.82, 2.24) is 15.1 Å². The summed E-state index contributed by atoms with van der Waals surface area (Å²) in [6.45, 7) is 1.59. The lowest BCUT2D eigenvalue weighted by Gasteiger charge is -2.12. The fraction of sp³-hybridized carbons (Fsp3) is 0.400. The predicted molar refractivity (Wildman–Crippen MR) is 64.1 cm³/mol. The number of amides is 1. The summed E-state index contributed by atoms with van der Waals surface area (Å²) in [7, 11) is 1.47. The van der Waals surface area contributed by atoms with Gasteiger partial charge in [0, 0.05) is 7.05 Å². The second-order valence-electron chi connectivity index (χ2n) is 3.83. The van der Waals surface area contributed by atoms with Crippen molar-refractivity contribution >= 4 is 29.4 Å². The van der Waals surface area contributed by atoms with Crippen LogP contribution in [-0.2, 0) is 16.6 Å². The molecular weight excluding hydrogens is 278 g/mol. The monoisotopic (exact) mass is 289 g/mol. The van der Waals surface area contributed by atoms with Gasteiger partial charge in [0.15, 0.2) is 0 Å². The number of halogens is 1. The number of hydrogen-bond acceptors (Lipinski definition) is 4. The molecule has 0 fully saturated rings. The third-order valence-corrected chi connectivity index (χ3v) is 2.80. The highest BCUT2D eigenvalue weighted by Crippen LogP contribution is 2.19. The van der Waals surface area contributed by atoms with Crippen LogP contribution in [0.15, 0.2) is 0 Å². The van der Waals surface area contributed by atoms with E-state index in [9.17, 15) is 14.4 Å². The fourth-order valence-corrected chi connectivity index (χ4v) is 1.73. The lowest BCUT2D eigenvalue weighted by Crippen LogP contribution is -2.42. The molecule has 9 heteroatoms. The van der Waals surface area contributed by atoms with Gasteiger partial charge in [-0.05, 0) is 6.92 Å². The van der Waals surface area contributed by atoms with E-state index in [4.69, 9.17) is 21.8 Å². The first-order chi connectivity index (χ1) is 8.73. The van der Waals surface area contributed by atoms with Crippen LogP contribution in [-0.4, -0.2) is 43.9 Å². The molecule has 0 saturated carbocycles. The first kappa shape index (κ1) is 15.0. The quantitative estimate of drug-likeness (QED) is 0.703. The van der Waals surface area contributed by atoms with Crippen molar-refractivity contribution in [1.29, 1.82) is 0 Å². The topological polar surface area (TPSA) is 122 Å². The number of carbonyl (C=O) groups excluding carboxylic acids is 1. The zero-order chi connectivity index (χ0) is 14.7. The standard InChI is InChI=1S/C10H12ClN3O5/c1-4-7(11)8(14(2)13-4)9(17)12-5(10(18)19)3-6(15)16/h5H,3H2,1-2H3,(H,12,17)(H,15,16)(H,18,19). The first-order valence-corrected chi connectivity index (χ1v) is 5.56. The van der Waals surface area contributed by atoms with E-state index >= 15 is 0 Å².